The number of benzene rings is 1. The number of hydrogen-bond donors (Lipinski definition) is 1. The number of rotatable bonds is 8. The zero-order valence-corrected chi connectivity index (χ0v) is 21.4. The van der Waals surface area contributed by atoms with Crippen LogP contribution < -0.4 is 19.7 Å². The standard InChI is InChI=1S/C27H28N6O6/c1-17-8-10-22(39-17)26-29-31-32(30-26)16-24(34)33(19-9-11-20-23(15-19)38-14-13-37-20)25(21-7-4-12-36-21)27(35)28-18-5-2-3-6-18/h4,7-12,15,18,25H,2-3,5-6,13-14,16H2,1H3,(H,28,35)/t25-/m1/s1. The summed E-state index contributed by atoms with van der Waals surface area (Å²) in [5.41, 5.74) is 0.439. The molecule has 6 rings (SSSR count). The summed E-state index contributed by atoms with van der Waals surface area (Å²) in [7, 11) is 0. The van der Waals surface area contributed by atoms with E-state index in [1.165, 1.54) is 16.0 Å². The maximum Gasteiger partial charge on any atom is 0.251 e. The summed E-state index contributed by atoms with van der Waals surface area (Å²) >= 11 is 0. The lowest BCUT2D eigenvalue weighted by molar-refractivity contribution is -0.128. The maximum atomic E-state index is 14.0. The average Bonchev–Trinajstić information content (AvgIpc) is 3.76. The van der Waals surface area contributed by atoms with Crippen molar-refractivity contribution in [3.8, 4) is 23.1 Å². The van der Waals surface area contributed by atoms with Crippen LogP contribution in [-0.4, -0.2) is 51.3 Å². The van der Waals surface area contributed by atoms with Crippen molar-refractivity contribution in [1.29, 1.82) is 0 Å². The first kappa shape index (κ1) is 24.7. The third-order valence-electron chi connectivity index (χ3n) is 6.78. The van der Waals surface area contributed by atoms with Crippen molar-refractivity contribution in [2.24, 2.45) is 0 Å². The van der Waals surface area contributed by atoms with Gasteiger partial charge in [0, 0.05) is 17.8 Å². The first-order chi connectivity index (χ1) is 19.0. The van der Waals surface area contributed by atoms with Gasteiger partial charge in [-0.3, -0.25) is 14.5 Å². The maximum absolute atomic E-state index is 14.0. The van der Waals surface area contributed by atoms with E-state index in [4.69, 9.17) is 18.3 Å². The average molecular weight is 533 g/mol. The van der Waals surface area contributed by atoms with Crippen LogP contribution in [0.4, 0.5) is 5.69 Å². The van der Waals surface area contributed by atoms with Gasteiger partial charge in [-0.2, -0.15) is 4.80 Å². The van der Waals surface area contributed by atoms with E-state index in [1.54, 1.807) is 42.5 Å². The number of amides is 2. The highest BCUT2D eigenvalue weighted by Gasteiger charge is 2.37. The number of carbonyl (C=O) groups excluding carboxylic acids is 2. The molecular weight excluding hydrogens is 504 g/mol. The Morgan fingerprint density at radius 1 is 1.10 bits per heavy atom. The Morgan fingerprint density at radius 3 is 2.67 bits per heavy atom. The minimum absolute atomic E-state index is 0.0449. The molecule has 12 heteroatoms. The summed E-state index contributed by atoms with van der Waals surface area (Å²) in [5.74, 6) is 2.00. The topological polar surface area (TPSA) is 138 Å². The van der Waals surface area contributed by atoms with Gasteiger partial charge in [0.2, 0.25) is 5.82 Å². The molecule has 0 bridgehead atoms. The van der Waals surface area contributed by atoms with Crippen LogP contribution in [0.25, 0.3) is 11.6 Å². The van der Waals surface area contributed by atoms with Crippen molar-refractivity contribution in [2.45, 2.75) is 51.2 Å². The Labute approximate surface area is 223 Å². The van der Waals surface area contributed by atoms with Gasteiger partial charge in [-0.05, 0) is 61.4 Å². The molecule has 12 nitrogen and oxygen atoms in total. The van der Waals surface area contributed by atoms with Gasteiger partial charge in [0.1, 0.15) is 31.3 Å². The monoisotopic (exact) mass is 532 g/mol. The molecule has 202 valence electrons. The van der Waals surface area contributed by atoms with E-state index in [0.29, 0.717) is 47.7 Å². The van der Waals surface area contributed by atoms with Crippen LogP contribution in [0.15, 0.2) is 57.6 Å². The number of nitrogens with zero attached hydrogens (tertiary/aromatic N) is 5. The van der Waals surface area contributed by atoms with E-state index in [0.717, 1.165) is 25.7 Å². The van der Waals surface area contributed by atoms with Gasteiger partial charge in [-0.15, -0.1) is 10.2 Å². The predicted molar refractivity (Wildman–Crippen MR) is 137 cm³/mol. The quantitative estimate of drug-likeness (QED) is 0.362. The largest absolute Gasteiger partial charge is 0.486 e. The molecule has 0 saturated heterocycles. The number of aromatic nitrogens is 4. The molecule has 0 spiro atoms. The molecule has 2 amide bonds. The normalized spacial score (nSPS) is 15.7. The second kappa shape index (κ2) is 10.6. The predicted octanol–water partition coefficient (Wildman–Crippen LogP) is 3.44. The molecule has 0 unspecified atom stereocenters. The van der Waals surface area contributed by atoms with E-state index >= 15 is 0 Å². The second-order valence-corrected chi connectivity index (χ2v) is 9.55. The molecule has 2 aliphatic rings. The van der Waals surface area contributed by atoms with Crippen LogP contribution in [0.1, 0.15) is 43.2 Å². The Hall–Kier alpha value is -4.61. The summed E-state index contributed by atoms with van der Waals surface area (Å²) < 4.78 is 22.7. The number of aryl methyl sites for hydroxylation is 1. The minimum Gasteiger partial charge on any atom is -0.486 e. The van der Waals surface area contributed by atoms with Gasteiger partial charge in [0.05, 0.1) is 6.26 Å². The van der Waals surface area contributed by atoms with Crippen molar-refractivity contribution in [2.75, 3.05) is 18.1 Å². The molecule has 39 heavy (non-hydrogen) atoms. The molecule has 1 fully saturated rings. The fraction of sp³-hybridized carbons (Fsp3) is 0.370. The summed E-state index contributed by atoms with van der Waals surface area (Å²) in [6, 6.07) is 11.0. The highest BCUT2D eigenvalue weighted by molar-refractivity contribution is 6.01. The second-order valence-electron chi connectivity index (χ2n) is 9.55. The van der Waals surface area contributed by atoms with E-state index in [9.17, 15) is 9.59 Å². The van der Waals surface area contributed by atoms with Gasteiger partial charge < -0.3 is 23.6 Å². The highest BCUT2D eigenvalue weighted by atomic mass is 16.6. The number of nitrogens with one attached hydrogen (secondary N) is 1. The summed E-state index contributed by atoms with van der Waals surface area (Å²) in [6.07, 6.45) is 5.38. The lowest BCUT2D eigenvalue weighted by atomic mass is 10.1. The molecule has 4 aromatic rings. The van der Waals surface area contributed by atoms with Crippen LogP contribution in [0.2, 0.25) is 0 Å². The zero-order chi connectivity index (χ0) is 26.8. The number of carbonyl (C=O) groups is 2. The lowest BCUT2D eigenvalue weighted by Gasteiger charge is -2.31. The van der Waals surface area contributed by atoms with Crippen molar-refractivity contribution in [3.05, 3.63) is 60.2 Å². The molecule has 4 heterocycles. The third-order valence-corrected chi connectivity index (χ3v) is 6.78. The summed E-state index contributed by atoms with van der Waals surface area (Å²) in [6.45, 7) is 2.35. The molecule has 1 aliphatic heterocycles. The molecule has 1 aromatic carbocycles. The smallest absolute Gasteiger partial charge is 0.251 e. The van der Waals surface area contributed by atoms with Crippen LogP contribution in [0, 0.1) is 6.92 Å². The van der Waals surface area contributed by atoms with E-state index < -0.39 is 11.9 Å². The SMILES string of the molecule is Cc1ccc(-c2nnn(CC(=O)N(c3ccc4c(c3)OCCO4)[C@@H](C(=O)NC3CCCC3)c3ccco3)n2)o1. The molecule has 1 atom stereocenters. The number of anilines is 1. The summed E-state index contributed by atoms with van der Waals surface area (Å²) in [5, 5.41) is 15.5. The van der Waals surface area contributed by atoms with Crippen LogP contribution >= 0.6 is 0 Å². The van der Waals surface area contributed by atoms with Crippen molar-refractivity contribution in [1.82, 2.24) is 25.5 Å². The molecule has 1 N–H and O–H groups in total. The third kappa shape index (κ3) is 5.22. The number of fused-ring (bicyclic) bond motifs is 1. The molecule has 3 aromatic heterocycles. The Balaban J connectivity index is 1.35. The fourth-order valence-corrected chi connectivity index (χ4v) is 4.95. The van der Waals surface area contributed by atoms with Crippen molar-refractivity contribution >= 4 is 17.5 Å². The molecule has 1 saturated carbocycles. The first-order valence-corrected chi connectivity index (χ1v) is 13.0. The van der Waals surface area contributed by atoms with Crippen molar-refractivity contribution in [3.63, 3.8) is 0 Å². The number of tetrazole rings is 1. The lowest BCUT2D eigenvalue weighted by Crippen LogP contribution is -2.47. The van der Waals surface area contributed by atoms with Gasteiger partial charge >= 0.3 is 0 Å². The molecular formula is C27H28N6O6. The first-order valence-electron chi connectivity index (χ1n) is 13.0. The van der Waals surface area contributed by atoms with Crippen LogP contribution in [-0.2, 0) is 16.1 Å². The number of hydrogen-bond acceptors (Lipinski definition) is 9. The Kier molecular flexibility index (Phi) is 6.74. The highest BCUT2D eigenvalue weighted by Crippen LogP contribution is 2.37. The van der Waals surface area contributed by atoms with E-state index in [-0.39, 0.29) is 24.3 Å². The van der Waals surface area contributed by atoms with Crippen LogP contribution in [0.5, 0.6) is 11.5 Å². The van der Waals surface area contributed by atoms with E-state index in [2.05, 4.69) is 20.7 Å². The van der Waals surface area contributed by atoms with Gasteiger partial charge in [-0.25, -0.2) is 0 Å². The molecule has 0 radical (unpaired) electrons. The van der Waals surface area contributed by atoms with Crippen molar-refractivity contribution < 1.29 is 27.9 Å². The zero-order valence-electron chi connectivity index (χ0n) is 21.4. The van der Waals surface area contributed by atoms with Gasteiger partial charge in [0.15, 0.2) is 23.3 Å². The minimum atomic E-state index is -1.08. The number of furan rings is 2. The molecule has 1 aliphatic carbocycles. The van der Waals surface area contributed by atoms with E-state index in [1.807, 2.05) is 6.92 Å². The Bertz CT molecular complexity index is 1460. The fourth-order valence-electron chi connectivity index (χ4n) is 4.95. The Morgan fingerprint density at radius 2 is 1.92 bits per heavy atom. The van der Waals surface area contributed by atoms with Gasteiger partial charge in [-0.1, -0.05) is 12.8 Å². The summed E-state index contributed by atoms with van der Waals surface area (Å²) in [4.78, 5) is 30.3. The van der Waals surface area contributed by atoms with Gasteiger partial charge in [0.25, 0.3) is 11.8 Å². The number of ether oxygens (including phenoxy) is 2. The van der Waals surface area contributed by atoms with Crippen LogP contribution in [0.3, 0.4) is 0 Å².